The van der Waals surface area contributed by atoms with Crippen LogP contribution in [0.4, 0.5) is 4.39 Å². The highest BCUT2D eigenvalue weighted by atomic mass is 19.1. The number of carboxylic acids is 1. The fraction of sp³-hybridized carbons (Fsp3) is 0.875. The molecule has 0 aromatic carbocycles. The Balaban J connectivity index is 2.20. The molecule has 0 saturated heterocycles. The van der Waals surface area contributed by atoms with Gasteiger partial charge in [-0.05, 0) is 25.2 Å². The highest BCUT2D eigenvalue weighted by Gasteiger charge is 2.26. The fourth-order valence-electron chi connectivity index (χ4n) is 1.63. The maximum absolute atomic E-state index is 12.8. The van der Waals surface area contributed by atoms with E-state index in [1.54, 1.807) is 0 Å². The zero-order chi connectivity index (χ0) is 8.27. The standard InChI is InChI=1S/C8H13FO2/c9-7-3-1-2-6(7)4-5-8(10)11/h6-7H,1-5H2,(H,10,11). The van der Waals surface area contributed by atoms with Crippen LogP contribution in [0.2, 0.25) is 0 Å². The summed E-state index contributed by atoms with van der Waals surface area (Å²) in [7, 11) is 0. The molecule has 0 aliphatic heterocycles. The van der Waals surface area contributed by atoms with Gasteiger partial charge in [0.1, 0.15) is 6.17 Å². The third kappa shape index (κ3) is 2.48. The number of halogens is 1. The minimum atomic E-state index is -0.816. The van der Waals surface area contributed by atoms with Gasteiger partial charge in [-0.25, -0.2) is 4.39 Å². The van der Waals surface area contributed by atoms with Gasteiger partial charge >= 0.3 is 5.97 Å². The molecule has 0 aromatic heterocycles. The third-order valence-corrected chi connectivity index (χ3v) is 2.30. The lowest BCUT2D eigenvalue weighted by Gasteiger charge is -2.09. The summed E-state index contributed by atoms with van der Waals surface area (Å²) in [5.41, 5.74) is 0. The first kappa shape index (κ1) is 8.50. The summed E-state index contributed by atoms with van der Waals surface area (Å²) in [6.07, 6.45) is 2.31. The number of hydrogen-bond donors (Lipinski definition) is 1. The molecule has 1 rings (SSSR count). The normalized spacial score (nSPS) is 30.6. The van der Waals surface area contributed by atoms with E-state index in [1.165, 1.54) is 0 Å². The van der Waals surface area contributed by atoms with Crippen molar-refractivity contribution in [3.8, 4) is 0 Å². The van der Waals surface area contributed by atoms with Gasteiger partial charge in [0.2, 0.25) is 0 Å². The van der Waals surface area contributed by atoms with Crippen LogP contribution in [-0.2, 0) is 4.79 Å². The highest BCUT2D eigenvalue weighted by molar-refractivity contribution is 5.66. The van der Waals surface area contributed by atoms with Crippen LogP contribution in [0.15, 0.2) is 0 Å². The monoisotopic (exact) mass is 160 g/mol. The van der Waals surface area contributed by atoms with Crippen molar-refractivity contribution in [1.29, 1.82) is 0 Å². The van der Waals surface area contributed by atoms with E-state index in [0.717, 1.165) is 12.8 Å². The molecule has 64 valence electrons. The van der Waals surface area contributed by atoms with Gasteiger partial charge in [-0.15, -0.1) is 0 Å². The van der Waals surface area contributed by atoms with Crippen molar-refractivity contribution < 1.29 is 14.3 Å². The van der Waals surface area contributed by atoms with E-state index < -0.39 is 12.1 Å². The van der Waals surface area contributed by atoms with Gasteiger partial charge in [-0.2, -0.15) is 0 Å². The molecule has 0 amide bonds. The first-order chi connectivity index (χ1) is 5.20. The van der Waals surface area contributed by atoms with Crippen LogP contribution in [0.3, 0.4) is 0 Å². The minimum Gasteiger partial charge on any atom is -0.481 e. The molecule has 2 nitrogen and oxygen atoms in total. The van der Waals surface area contributed by atoms with E-state index in [9.17, 15) is 9.18 Å². The van der Waals surface area contributed by atoms with Crippen LogP contribution >= 0.6 is 0 Å². The zero-order valence-corrected chi connectivity index (χ0v) is 6.42. The first-order valence-corrected chi connectivity index (χ1v) is 4.06. The fourth-order valence-corrected chi connectivity index (χ4v) is 1.63. The molecule has 3 heteroatoms. The van der Waals surface area contributed by atoms with E-state index in [2.05, 4.69) is 0 Å². The summed E-state index contributed by atoms with van der Waals surface area (Å²) in [5, 5.41) is 8.34. The Hall–Kier alpha value is -0.600. The number of hydrogen-bond acceptors (Lipinski definition) is 1. The zero-order valence-electron chi connectivity index (χ0n) is 6.42. The van der Waals surface area contributed by atoms with Crippen molar-refractivity contribution in [1.82, 2.24) is 0 Å². The lowest BCUT2D eigenvalue weighted by Crippen LogP contribution is -2.10. The summed E-state index contributed by atoms with van der Waals surface area (Å²) in [6, 6.07) is 0. The molecule has 1 N–H and O–H groups in total. The second kappa shape index (κ2) is 3.69. The molecule has 0 bridgehead atoms. The summed E-state index contributed by atoms with van der Waals surface area (Å²) in [4.78, 5) is 10.1. The lowest BCUT2D eigenvalue weighted by atomic mass is 10.0. The van der Waals surface area contributed by atoms with Gasteiger partial charge in [-0.3, -0.25) is 4.79 Å². The van der Waals surface area contributed by atoms with Crippen LogP contribution < -0.4 is 0 Å². The molecule has 1 fully saturated rings. The molecule has 0 radical (unpaired) electrons. The first-order valence-electron chi connectivity index (χ1n) is 4.06. The molecule has 1 aliphatic carbocycles. The Bertz CT molecular complexity index is 147. The van der Waals surface area contributed by atoms with Gasteiger partial charge in [0.05, 0.1) is 0 Å². The Morgan fingerprint density at radius 1 is 1.55 bits per heavy atom. The quantitative estimate of drug-likeness (QED) is 0.685. The molecule has 0 aromatic rings. The molecule has 1 aliphatic rings. The summed E-state index contributed by atoms with van der Waals surface area (Å²) >= 11 is 0. The Morgan fingerprint density at radius 2 is 2.27 bits per heavy atom. The van der Waals surface area contributed by atoms with E-state index in [4.69, 9.17) is 5.11 Å². The summed E-state index contributed by atoms with van der Waals surface area (Å²) < 4.78 is 12.8. The second-order valence-corrected chi connectivity index (χ2v) is 3.14. The number of aliphatic carboxylic acids is 1. The van der Waals surface area contributed by atoms with E-state index in [-0.39, 0.29) is 12.3 Å². The molecular formula is C8H13FO2. The van der Waals surface area contributed by atoms with E-state index in [0.29, 0.717) is 12.8 Å². The van der Waals surface area contributed by atoms with Crippen LogP contribution in [0.25, 0.3) is 0 Å². The van der Waals surface area contributed by atoms with Crippen molar-refractivity contribution in [2.75, 3.05) is 0 Å². The predicted octanol–water partition coefficient (Wildman–Crippen LogP) is 1.99. The summed E-state index contributed by atoms with van der Waals surface area (Å²) in [5.74, 6) is -0.796. The van der Waals surface area contributed by atoms with Gasteiger partial charge in [0, 0.05) is 6.42 Å². The Kier molecular flexibility index (Phi) is 2.85. The molecule has 1 saturated carbocycles. The van der Waals surface area contributed by atoms with E-state index >= 15 is 0 Å². The number of rotatable bonds is 3. The minimum absolute atomic E-state index is 0.0195. The Labute approximate surface area is 65.4 Å². The average molecular weight is 160 g/mol. The van der Waals surface area contributed by atoms with Crippen molar-refractivity contribution >= 4 is 5.97 Å². The molecular weight excluding hydrogens is 147 g/mol. The molecule has 0 spiro atoms. The van der Waals surface area contributed by atoms with Gasteiger partial charge in [0.25, 0.3) is 0 Å². The Morgan fingerprint density at radius 3 is 2.73 bits per heavy atom. The number of alkyl halides is 1. The highest BCUT2D eigenvalue weighted by Crippen LogP contribution is 2.31. The third-order valence-electron chi connectivity index (χ3n) is 2.30. The van der Waals surface area contributed by atoms with Crippen LogP contribution in [0.1, 0.15) is 32.1 Å². The van der Waals surface area contributed by atoms with Crippen molar-refractivity contribution in [3.05, 3.63) is 0 Å². The predicted molar refractivity (Wildman–Crippen MR) is 39.1 cm³/mol. The number of carbonyl (C=O) groups is 1. The second-order valence-electron chi connectivity index (χ2n) is 3.14. The van der Waals surface area contributed by atoms with Crippen LogP contribution in [0.5, 0.6) is 0 Å². The molecule has 0 heterocycles. The SMILES string of the molecule is O=C(O)CCC1CCCC1F. The average Bonchev–Trinajstić information content (AvgIpc) is 2.31. The smallest absolute Gasteiger partial charge is 0.303 e. The van der Waals surface area contributed by atoms with E-state index in [1.807, 2.05) is 0 Å². The van der Waals surface area contributed by atoms with Crippen LogP contribution in [0, 0.1) is 5.92 Å². The summed E-state index contributed by atoms with van der Waals surface area (Å²) in [6.45, 7) is 0. The van der Waals surface area contributed by atoms with Gasteiger partial charge in [0.15, 0.2) is 0 Å². The van der Waals surface area contributed by atoms with Crippen molar-refractivity contribution in [2.24, 2.45) is 5.92 Å². The largest absolute Gasteiger partial charge is 0.481 e. The van der Waals surface area contributed by atoms with Crippen molar-refractivity contribution in [3.63, 3.8) is 0 Å². The molecule has 2 atom stereocenters. The van der Waals surface area contributed by atoms with Gasteiger partial charge < -0.3 is 5.11 Å². The maximum atomic E-state index is 12.8. The topological polar surface area (TPSA) is 37.3 Å². The number of carboxylic acid groups (broad SMARTS) is 1. The lowest BCUT2D eigenvalue weighted by molar-refractivity contribution is -0.137. The van der Waals surface area contributed by atoms with Crippen LogP contribution in [-0.4, -0.2) is 17.2 Å². The molecule has 2 unspecified atom stereocenters. The van der Waals surface area contributed by atoms with Gasteiger partial charge in [-0.1, -0.05) is 6.42 Å². The molecule has 11 heavy (non-hydrogen) atoms. The maximum Gasteiger partial charge on any atom is 0.303 e. The van der Waals surface area contributed by atoms with Crippen molar-refractivity contribution in [2.45, 2.75) is 38.3 Å².